The SMILES string of the molecule is CC1(C)CCC(=CO[Si](C)(C)C(C)(C)C)C(=O)C1. The van der Waals surface area contributed by atoms with E-state index in [0.717, 1.165) is 18.4 Å². The van der Waals surface area contributed by atoms with E-state index in [0.29, 0.717) is 6.42 Å². The molecule has 0 spiro atoms. The molecule has 0 aromatic carbocycles. The van der Waals surface area contributed by atoms with E-state index < -0.39 is 8.32 Å². The quantitative estimate of drug-likeness (QED) is 0.413. The van der Waals surface area contributed by atoms with Gasteiger partial charge in [0.25, 0.3) is 0 Å². The molecule has 0 heterocycles. The first-order valence-electron chi connectivity index (χ1n) is 6.85. The summed E-state index contributed by atoms with van der Waals surface area (Å²) in [6.07, 6.45) is 4.36. The molecule has 0 radical (unpaired) electrons. The zero-order valence-electron chi connectivity index (χ0n) is 13.0. The minimum atomic E-state index is -1.78. The van der Waals surface area contributed by atoms with Gasteiger partial charge in [0, 0.05) is 12.0 Å². The van der Waals surface area contributed by atoms with Gasteiger partial charge in [0.15, 0.2) is 5.78 Å². The van der Waals surface area contributed by atoms with Crippen molar-refractivity contribution in [2.24, 2.45) is 5.41 Å². The van der Waals surface area contributed by atoms with Crippen molar-refractivity contribution >= 4 is 14.1 Å². The van der Waals surface area contributed by atoms with E-state index in [1.165, 1.54) is 0 Å². The molecule has 0 unspecified atom stereocenters. The van der Waals surface area contributed by atoms with Gasteiger partial charge in [-0.2, -0.15) is 0 Å². The molecule has 0 bridgehead atoms. The fourth-order valence-corrected chi connectivity index (χ4v) is 2.56. The molecule has 1 saturated carbocycles. The fourth-order valence-electron chi connectivity index (χ4n) is 1.77. The Kier molecular flexibility index (Phi) is 4.16. The average molecular weight is 268 g/mol. The van der Waals surface area contributed by atoms with Gasteiger partial charge in [0.05, 0.1) is 6.26 Å². The number of allylic oxidation sites excluding steroid dienone is 1. The summed E-state index contributed by atoms with van der Waals surface area (Å²) in [6.45, 7) is 15.4. The van der Waals surface area contributed by atoms with Gasteiger partial charge >= 0.3 is 0 Å². The van der Waals surface area contributed by atoms with Crippen LogP contribution in [0.25, 0.3) is 0 Å². The maximum Gasteiger partial charge on any atom is 0.249 e. The van der Waals surface area contributed by atoms with E-state index in [1.807, 2.05) is 0 Å². The highest BCUT2D eigenvalue weighted by molar-refractivity contribution is 6.74. The first-order valence-corrected chi connectivity index (χ1v) is 9.76. The van der Waals surface area contributed by atoms with Crippen LogP contribution in [0, 0.1) is 5.41 Å². The van der Waals surface area contributed by atoms with E-state index in [4.69, 9.17) is 4.43 Å². The summed E-state index contributed by atoms with van der Waals surface area (Å²) in [4.78, 5) is 12.0. The molecular weight excluding hydrogens is 240 g/mol. The lowest BCUT2D eigenvalue weighted by Gasteiger charge is -2.36. The lowest BCUT2D eigenvalue weighted by atomic mass is 9.75. The number of carbonyl (C=O) groups excluding carboxylic acids is 1. The summed E-state index contributed by atoms with van der Waals surface area (Å²) >= 11 is 0. The number of hydrogen-bond acceptors (Lipinski definition) is 2. The second-order valence-corrected chi connectivity index (χ2v) is 12.5. The molecule has 18 heavy (non-hydrogen) atoms. The number of hydrogen-bond donors (Lipinski definition) is 0. The predicted octanol–water partition coefficient (Wildman–Crippen LogP) is 4.67. The molecule has 3 heteroatoms. The van der Waals surface area contributed by atoms with Crippen molar-refractivity contribution in [1.82, 2.24) is 0 Å². The average Bonchev–Trinajstić information content (AvgIpc) is 2.13. The van der Waals surface area contributed by atoms with Crippen LogP contribution in [-0.2, 0) is 9.22 Å². The molecule has 0 atom stereocenters. The molecule has 1 aliphatic rings. The molecular formula is C15H28O2Si. The third-order valence-corrected chi connectivity index (χ3v) is 8.69. The third kappa shape index (κ3) is 3.71. The summed E-state index contributed by atoms with van der Waals surface area (Å²) in [7, 11) is -1.78. The largest absolute Gasteiger partial charge is 0.549 e. The van der Waals surface area contributed by atoms with E-state index in [-0.39, 0.29) is 16.2 Å². The highest BCUT2D eigenvalue weighted by Gasteiger charge is 2.38. The van der Waals surface area contributed by atoms with Crippen molar-refractivity contribution in [2.75, 3.05) is 0 Å². The Hall–Kier alpha value is -0.573. The molecule has 0 aromatic heterocycles. The zero-order valence-corrected chi connectivity index (χ0v) is 14.0. The normalized spacial score (nSPS) is 23.3. The van der Waals surface area contributed by atoms with Gasteiger partial charge in [0.1, 0.15) is 0 Å². The second-order valence-electron chi connectivity index (χ2n) is 7.79. The first-order chi connectivity index (χ1) is 7.95. The summed E-state index contributed by atoms with van der Waals surface area (Å²) in [5, 5.41) is 0.182. The van der Waals surface area contributed by atoms with Crippen LogP contribution in [-0.4, -0.2) is 14.1 Å². The summed E-state index contributed by atoms with van der Waals surface area (Å²) < 4.78 is 6.03. The lowest BCUT2D eigenvalue weighted by Crippen LogP contribution is -2.39. The van der Waals surface area contributed by atoms with Crippen LogP contribution >= 0.6 is 0 Å². The molecule has 0 aromatic rings. The number of carbonyl (C=O) groups is 1. The topological polar surface area (TPSA) is 26.3 Å². The number of rotatable bonds is 2. The molecule has 0 aliphatic heterocycles. The molecule has 1 rings (SSSR count). The highest BCUT2D eigenvalue weighted by Crippen LogP contribution is 2.39. The molecule has 0 saturated heterocycles. The maximum absolute atomic E-state index is 12.0. The van der Waals surface area contributed by atoms with Crippen molar-refractivity contribution in [2.45, 2.75) is 72.0 Å². The van der Waals surface area contributed by atoms with Gasteiger partial charge in [-0.15, -0.1) is 0 Å². The van der Waals surface area contributed by atoms with Gasteiger partial charge in [0.2, 0.25) is 8.32 Å². The van der Waals surface area contributed by atoms with Gasteiger partial charge in [-0.05, 0) is 36.4 Å². The third-order valence-electron chi connectivity index (χ3n) is 4.37. The van der Waals surface area contributed by atoms with Crippen LogP contribution in [0.1, 0.15) is 53.9 Å². The Bertz CT molecular complexity index is 359. The Morgan fingerprint density at radius 2 is 1.83 bits per heavy atom. The number of Topliss-reactive ketones (excluding diaryl/α,β-unsaturated/α-hetero) is 1. The van der Waals surface area contributed by atoms with Gasteiger partial charge in [-0.25, -0.2) is 0 Å². The summed E-state index contributed by atoms with van der Waals surface area (Å²) in [6, 6.07) is 0. The Labute approximate surface area is 113 Å². The maximum atomic E-state index is 12.0. The highest BCUT2D eigenvalue weighted by atomic mass is 28.4. The van der Waals surface area contributed by atoms with E-state index in [9.17, 15) is 4.79 Å². The van der Waals surface area contributed by atoms with Crippen LogP contribution in [0.3, 0.4) is 0 Å². The molecule has 1 aliphatic carbocycles. The van der Waals surface area contributed by atoms with Crippen LogP contribution in [0.2, 0.25) is 18.1 Å². The summed E-state index contributed by atoms with van der Waals surface area (Å²) in [5.41, 5.74) is 1.05. The molecule has 104 valence electrons. The Morgan fingerprint density at radius 3 is 2.28 bits per heavy atom. The van der Waals surface area contributed by atoms with E-state index >= 15 is 0 Å². The van der Waals surface area contributed by atoms with E-state index in [2.05, 4.69) is 47.7 Å². The molecule has 0 amide bonds. The molecule has 0 N–H and O–H groups in total. The van der Waals surface area contributed by atoms with Crippen molar-refractivity contribution in [3.05, 3.63) is 11.8 Å². The zero-order chi connectivity index (χ0) is 14.2. The van der Waals surface area contributed by atoms with Crippen LogP contribution in [0.15, 0.2) is 11.8 Å². The molecule has 1 fully saturated rings. The van der Waals surface area contributed by atoms with Crippen molar-refractivity contribution in [1.29, 1.82) is 0 Å². The smallest absolute Gasteiger partial charge is 0.249 e. The van der Waals surface area contributed by atoms with Gasteiger partial charge in [-0.1, -0.05) is 34.6 Å². The predicted molar refractivity (Wildman–Crippen MR) is 79.0 cm³/mol. The van der Waals surface area contributed by atoms with Gasteiger partial charge in [-0.3, -0.25) is 4.79 Å². The van der Waals surface area contributed by atoms with Gasteiger partial charge < -0.3 is 4.43 Å². The monoisotopic (exact) mass is 268 g/mol. The standard InChI is InChI=1S/C15H28O2Si/c1-14(2,3)18(6,7)17-11-12-8-9-15(4,5)10-13(12)16/h11H,8-10H2,1-7H3. The van der Waals surface area contributed by atoms with E-state index in [1.54, 1.807) is 6.26 Å². The van der Waals surface area contributed by atoms with Crippen molar-refractivity contribution in [3.63, 3.8) is 0 Å². The van der Waals surface area contributed by atoms with Crippen molar-refractivity contribution < 1.29 is 9.22 Å². The molecule has 2 nitrogen and oxygen atoms in total. The minimum Gasteiger partial charge on any atom is -0.549 e. The fraction of sp³-hybridized carbons (Fsp3) is 0.800. The van der Waals surface area contributed by atoms with Crippen LogP contribution < -0.4 is 0 Å². The Balaban J connectivity index is 2.73. The van der Waals surface area contributed by atoms with Crippen LogP contribution in [0.5, 0.6) is 0 Å². The van der Waals surface area contributed by atoms with Crippen LogP contribution in [0.4, 0.5) is 0 Å². The second kappa shape index (κ2) is 4.84. The summed E-state index contributed by atoms with van der Waals surface area (Å²) in [5.74, 6) is 0.268. The Morgan fingerprint density at radius 1 is 1.28 bits per heavy atom. The number of ketones is 1. The van der Waals surface area contributed by atoms with Crippen molar-refractivity contribution in [3.8, 4) is 0 Å². The lowest BCUT2D eigenvalue weighted by molar-refractivity contribution is -0.119. The minimum absolute atomic E-state index is 0.158. The first kappa shape index (κ1) is 15.5.